The van der Waals surface area contributed by atoms with Crippen molar-refractivity contribution >= 4 is 34.8 Å². The Labute approximate surface area is 105 Å². The molecule has 0 saturated carbocycles. The molecule has 16 heavy (non-hydrogen) atoms. The third kappa shape index (κ3) is 4.32. The van der Waals surface area contributed by atoms with Crippen molar-refractivity contribution in [3.8, 4) is 0 Å². The summed E-state index contributed by atoms with van der Waals surface area (Å²) in [6.45, 7) is 3.09. The van der Waals surface area contributed by atoms with Crippen molar-refractivity contribution in [3.63, 3.8) is 0 Å². The Morgan fingerprint density at radius 2 is 2.31 bits per heavy atom. The molecule has 1 aromatic heterocycles. The highest BCUT2D eigenvalue weighted by atomic mass is 32.2. The normalized spacial score (nSPS) is 12.1. The van der Waals surface area contributed by atoms with Gasteiger partial charge >= 0.3 is 0 Å². The van der Waals surface area contributed by atoms with Gasteiger partial charge in [0.1, 0.15) is 16.5 Å². The molecule has 1 rings (SSSR count). The number of rotatable bonds is 6. The molecule has 1 aromatic rings. The van der Waals surface area contributed by atoms with Gasteiger partial charge in [-0.15, -0.1) is 0 Å². The third-order valence-corrected chi connectivity index (χ3v) is 3.41. The van der Waals surface area contributed by atoms with Crippen molar-refractivity contribution in [2.45, 2.75) is 18.6 Å². The van der Waals surface area contributed by atoms with Crippen molar-refractivity contribution in [3.05, 3.63) is 18.1 Å². The summed E-state index contributed by atoms with van der Waals surface area (Å²) >= 11 is 6.65. The molecule has 0 amide bonds. The second kappa shape index (κ2) is 6.65. The zero-order valence-electron chi connectivity index (χ0n) is 9.43. The highest BCUT2D eigenvalue weighted by molar-refractivity contribution is 7.99. The summed E-state index contributed by atoms with van der Waals surface area (Å²) in [6.07, 6.45) is 6.45. The Hall–Kier alpha value is -0.880. The van der Waals surface area contributed by atoms with Gasteiger partial charge in [0.05, 0.1) is 12.4 Å². The van der Waals surface area contributed by atoms with E-state index in [1.807, 2.05) is 11.8 Å². The molecule has 1 unspecified atom stereocenters. The molecular formula is C10H16N4S2. The van der Waals surface area contributed by atoms with Gasteiger partial charge in [-0.1, -0.05) is 19.1 Å². The van der Waals surface area contributed by atoms with Crippen LogP contribution in [-0.4, -0.2) is 33.0 Å². The van der Waals surface area contributed by atoms with Crippen molar-refractivity contribution in [1.29, 1.82) is 0 Å². The first kappa shape index (κ1) is 13.2. The smallest absolute Gasteiger partial charge is 0.144 e. The number of nitrogens with one attached hydrogen (secondary N) is 1. The minimum atomic E-state index is 0.273. The van der Waals surface area contributed by atoms with Crippen molar-refractivity contribution in [1.82, 2.24) is 9.97 Å². The molecule has 1 heterocycles. The fraction of sp³-hybridized carbons (Fsp3) is 0.500. The largest absolute Gasteiger partial charge is 0.388 e. The van der Waals surface area contributed by atoms with E-state index in [4.69, 9.17) is 18.0 Å². The van der Waals surface area contributed by atoms with Crippen LogP contribution in [-0.2, 0) is 0 Å². The predicted octanol–water partition coefficient (Wildman–Crippen LogP) is 1.66. The SMILES string of the molecule is CSC(C)CCNc1cnc(C(N)=S)cn1. The number of hydrogen-bond donors (Lipinski definition) is 2. The molecule has 4 nitrogen and oxygen atoms in total. The second-order valence-electron chi connectivity index (χ2n) is 3.41. The molecule has 0 spiro atoms. The van der Waals surface area contributed by atoms with Crippen LogP contribution in [0.5, 0.6) is 0 Å². The molecule has 6 heteroatoms. The first-order valence-corrected chi connectivity index (χ1v) is 6.71. The molecule has 0 aromatic carbocycles. The number of nitrogens with zero attached hydrogens (tertiary/aromatic N) is 2. The first-order chi connectivity index (χ1) is 7.63. The van der Waals surface area contributed by atoms with Crippen LogP contribution in [0.4, 0.5) is 5.82 Å². The van der Waals surface area contributed by atoms with Gasteiger partial charge in [0, 0.05) is 11.8 Å². The van der Waals surface area contributed by atoms with Gasteiger partial charge in [-0.3, -0.25) is 0 Å². The van der Waals surface area contributed by atoms with Crippen molar-refractivity contribution in [2.75, 3.05) is 18.1 Å². The summed E-state index contributed by atoms with van der Waals surface area (Å²) in [5.41, 5.74) is 5.98. The van der Waals surface area contributed by atoms with E-state index in [0.717, 1.165) is 18.8 Å². The molecule has 0 bridgehead atoms. The highest BCUT2D eigenvalue weighted by Gasteiger charge is 2.01. The van der Waals surface area contributed by atoms with Gasteiger partial charge in [-0.25, -0.2) is 9.97 Å². The molecule has 0 fully saturated rings. The molecule has 3 N–H and O–H groups in total. The lowest BCUT2D eigenvalue weighted by Gasteiger charge is -2.09. The Kier molecular flexibility index (Phi) is 5.48. The Morgan fingerprint density at radius 1 is 1.56 bits per heavy atom. The lowest BCUT2D eigenvalue weighted by atomic mass is 10.3. The summed E-state index contributed by atoms with van der Waals surface area (Å²) in [4.78, 5) is 8.55. The van der Waals surface area contributed by atoms with Crippen LogP contribution in [0.15, 0.2) is 12.4 Å². The Morgan fingerprint density at radius 3 is 2.81 bits per heavy atom. The van der Waals surface area contributed by atoms with Gasteiger partial charge in [0.25, 0.3) is 0 Å². The monoisotopic (exact) mass is 256 g/mol. The third-order valence-electron chi connectivity index (χ3n) is 2.16. The quantitative estimate of drug-likeness (QED) is 0.755. The summed E-state index contributed by atoms with van der Waals surface area (Å²) < 4.78 is 0. The topological polar surface area (TPSA) is 63.8 Å². The van der Waals surface area contributed by atoms with Crippen molar-refractivity contribution in [2.24, 2.45) is 5.73 Å². The lowest BCUT2D eigenvalue weighted by molar-refractivity contribution is 0.849. The fourth-order valence-corrected chi connectivity index (χ4v) is 1.53. The number of thiocarbonyl (C=S) groups is 1. The van der Waals surface area contributed by atoms with E-state index in [-0.39, 0.29) is 4.99 Å². The molecule has 0 aliphatic carbocycles. The van der Waals surface area contributed by atoms with Gasteiger partial charge < -0.3 is 11.1 Å². The summed E-state index contributed by atoms with van der Waals surface area (Å²) in [6, 6.07) is 0. The molecule has 1 atom stereocenters. The average Bonchev–Trinajstić information content (AvgIpc) is 2.29. The van der Waals surface area contributed by atoms with E-state index in [2.05, 4.69) is 28.5 Å². The first-order valence-electron chi connectivity index (χ1n) is 5.02. The van der Waals surface area contributed by atoms with Crippen LogP contribution in [0.1, 0.15) is 19.0 Å². The van der Waals surface area contributed by atoms with Gasteiger partial charge in [0.2, 0.25) is 0 Å². The van der Waals surface area contributed by atoms with Gasteiger partial charge in [0.15, 0.2) is 0 Å². The summed E-state index contributed by atoms with van der Waals surface area (Å²) in [5, 5.41) is 3.85. The van der Waals surface area contributed by atoms with Crippen LogP contribution in [0.25, 0.3) is 0 Å². The van der Waals surface area contributed by atoms with Crippen molar-refractivity contribution < 1.29 is 0 Å². The molecule has 88 valence electrons. The molecule has 0 aliphatic rings. The minimum absolute atomic E-state index is 0.273. The Bertz CT molecular complexity index is 339. The van der Waals surface area contributed by atoms with E-state index in [0.29, 0.717) is 10.9 Å². The summed E-state index contributed by atoms with van der Waals surface area (Å²) in [5.74, 6) is 0.758. The number of anilines is 1. The van der Waals surface area contributed by atoms with E-state index in [1.54, 1.807) is 12.4 Å². The summed E-state index contributed by atoms with van der Waals surface area (Å²) in [7, 11) is 0. The second-order valence-corrected chi connectivity index (χ2v) is 5.13. The number of thioether (sulfide) groups is 1. The number of nitrogens with two attached hydrogens (primary N) is 1. The van der Waals surface area contributed by atoms with E-state index >= 15 is 0 Å². The molecule has 0 radical (unpaired) electrons. The standard InChI is InChI=1S/C10H16N4S2/c1-7(16-2)3-4-12-9-6-13-8(5-14-9)10(11)15/h5-7H,3-4H2,1-2H3,(H2,11,15)(H,12,14). The van der Waals surface area contributed by atoms with Gasteiger partial charge in [-0.05, 0) is 12.7 Å². The number of hydrogen-bond acceptors (Lipinski definition) is 5. The highest BCUT2D eigenvalue weighted by Crippen LogP contribution is 2.09. The van der Waals surface area contributed by atoms with Crippen LogP contribution >= 0.6 is 24.0 Å². The zero-order chi connectivity index (χ0) is 12.0. The maximum absolute atomic E-state index is 5.43. The minimum Gasteiger partial charge on any atom is -0.388 e. The predicted molar refractivity (Wildman–Crippen MR) is 74.0 cm³/mol. The van der Waals surface area contributed by atoms with Crippen LogP contribution in [0, 0.1) is 0 Å². The fourth-order valence-electron chi connectivity index (χ4n) is 1.07. The van der Waals surface area contributed by atoms with Crippen LogP contribution in [0.3, 0.4) is 0 Å². The maximum atomic E-state index is 5.43. The molecule has 0 aliphatic heterocycles. The Balaban J connectivity index is 2.40. The van der Waals surface area contributed by atoms with Crippen LogP contribution in [0.2, 0.25) is 0 Å². The van der Waals surface area contributed by atoms with E-state index in [1.165, 1.54) is 0 Å². The van der Waals surface area contributed by atoms with Crippen LogP contribution < -0.4 is 11.1 Å². The van der Waals surface area contributed by atoms with E-state index in [9.17, 15) is 0 Å². The van der Waals surface area contributed by atoms with Gasteiger partial charge in [-0.2, -0.15) is 11.8 Å². The lowest BCUT2D eigenvalue weighted by Crippen LogP contribution is -2.13. The average molecular weight is 256 g/mol. The maximum Gasteiger partial charge on any atom is 0.144 e. The van der Waals surface area contributed by atoms with E-state index < -0.39 is 0 Å². The molecule has 0 saturated heterocycles. The molecular weight excluding hydrogens is 240 g/mol. The number of aromatic nitrogens is 2. The zero-order valence-corrected chi connectivity index (χ0v) is 11.1.